The van der Waals surface area contributed by atoms with Gasteiger partial charge in [0.1, 0.15) is 11.1 Å². The van der Waals surface area contributed by atoms with Gasteiger partial charge in [-0.15, -0.1) is 3.89 Å². The van der Waals surface area contributed by atoms with E-state index in [4.69, 9.17) is 0 Å². The van der Waals surface area contributed by atoms with E-state index in [1.54, 1.807) is 0 Å². The van der Waals surface area contributed by atoms with Crippen LogP contribution in [0.25, 0.3) is 0 Å². The Bertz CT molecular complexity index is 687. The zero-order valence-electron chi connectivity index (χ0n) is 10.5. The normalized spacial score (nSPS) is 19.4. The summed E-state index contributed by atoms with van der Waals surface area (Å²) in [5.74, 6) is -1.85. The number of rotatable bonds is 3. The molecule has 1 amide bonds. The van der Waals surface area contributed by atoms with Crippen LogP contribution in [-0.4, -0.2) is 31.9 Å². The predicted molar refractivity (Wildman–Crippen MR) is 67.2 cm³/mol. The first kappa shape index (κ1) is 14.6. The van der Waals surface area contributed by atoms with Gasteiger partial charge in [0.25, 0.3) is 0 Å². The van der Waals surface area contributed by atoms with Gasteiger partial charge in [-0.05, 0) is 25.1 Å². The molecular weight excluding hydrogens is 292 g/mol. The van der Waals surface area contributed by atoms with Gasteiger partial charge in [0.05, 0.1) is 5.69 Å². The van der Waals surface area contributed by atoms with Crippen LogP contribution in [0.4, 0.5) is 14.0 Å². The van der Waals surface area contributed by atoms with Crippen molar-refractivity contribution in [3.05, 3.63) is 29.6 Å². The van der Waals surface area contributed by atoms with Crippen molar-refractivity contribution >= 4 is 27.6 Å². The van der Waals surface area contributed by atoms with Crippen LogP contribution < -0.4 is 4.90 Å². The molecule has 2 rings (SSSR count). The zero-order chi connectivity index (χ0) is 15.1. The fourth-order valence-electron chi connectivity index (χ4n) is 2.04. The minimum absolute atomic E-state index is 0.132. The monoisotopic (exact) mass is 303 g/mol. The third-order valence-electron chi connectivity index (χ3n) is 3.13. The largest absolute Gasteiger partial charge is 0.308 e. The van der Waals surface area contributed by atoms with Crippen LogP contribution in [0.2, 0.25) is 0 Å². The Balaban J connectivity index is 2.33. The number of ketones is 1. The highest BCUT2D eigenvalue weighted by Crippen LogP contribution is 2.28. The second-order valence-corrected chi connectivity index (χ2v) is 6.15. The molecule has 0 aliphatic carbocycles. The van der Waals surface area contributed by atoms with Gasteiger partial charge >= 0.3 is 10.2 Å². The van der Waals surface area contributed by atoms with Crippen LogP contribution in [0.5, 0.6) is 0 Å². The highest BCUT2D eigenvalue weighted by Gasteiger charge is 2.39. The lowest BCUT2D eigenvalue weighted by Gasteiger charge is -2.17. The zero-order valence-corrected chi connectivity index (χ0v) is 11.3. The fraction of sp³-hybridized carbons (Fsp3) is 0.333. The summed E-state index contributed by atoms with van der Waals surface area (Å²) in [5.41, 5.74) is -0.0290. The van der Waals surface area contributed by atoms with E-state index in [-0.39, 0.29) is 17.0 Å². The average Bonchev–Trinajstić information content (AvgIpc) is 2.71. The Hall–Kier alpha value is -1.83. The van der Waals surface area contributed by atoms with Crippen molar-refractivity contribution in [1.29, 1.82) is 0 Å². The summed E-state index contributed by atoms with van der Waals surface area (Å²) in [7, 11) is -4.85. The minimum atomic E-state index is -4.85. The number of anilines is 1. The van der Waals surface area contributed by atoms with Gasteiger partial charge in [0.2, 0.25) is 5.91 Å². The molecule has 0 aromatic heterocycles. The van der Waals surface area contributed by atoms with Gasteiger partial charge in [-0.2, -0.15) is 8.42 Å². The van der Waals surface area contributed by atoms with Crippen molar-refractivity contribution in [3.8, 4) is 0 Å². The summed E-state index contributed by atoms with van der Waals surface area (Å²) in [4.78, 5) is 23.6. The van der Waals surface area contributed by atoms with Gasteiger partial charge in [-0.3, -0.25) is 9.59 Å². The maximum atomic E-state index is 13.9. The van der Waals surface area contributed by atoms with Crippen molar-refractivity contribution < 1.29 is 26.3 Å². The third-order valence-corrected chi connectivity index (χ3v) is 4.24. The molecule has 0 radical (unpaired) electrons. The molecule has 0 N–H and O–H groups in total. The van der Waals surface area contributed by atoms with E-state index < -0.39 is 40.2 Å². The number of nitrogens with zero attached hydrogens (tertiary/aromatic N) is 1. The first-order valence-corrected chi connectivity index (χ1v) is 7.19. The molecule has 0 saturated carbocycles. The number of carbonyl (C=O) groups excluding carboxylic acids is 2. The van der Waals surface area contributed by atoms with E-state index in [0.717, 1.165) is 11.0 Å². The van der Waals surface area contributed by atoms with E-state index in [1.807, 2.05) is 0 Å². The topological polar surface area (TPSA) is 71.5 Å². The summed E-state index contributed by atoms with van der Waals surface area (Å²) in [6.07, 6.45) is -0.521. The Morgan fingerprint density at radius 2 is 2.05 bits per heavy atom. The molecule has 1 saturated heterocycles. The molecule has 1 heterocycles. The molecule has 1 aliphatic rings. The van der Waals surface area contributed by atoms with E-state index in [1.165, 1.54) is 19.1 Å². The number of carbonyl (C=O) groups is 2. The van der Waals surface area contributed by atoms with Crippen LogP contribution in [0, 0.1) is 5.82 Å². The number of hydrogen-bond donors (Lipinski definition) is 0. The quantitative estimate of drug-likeness (QED) is 0.625. The second kappa shape index (κ2) is 4.93. The van der Waals surface area contributed by atoms with E-state index in [2.05, 4.69) is 0 Å². The predicted octanol–water partition coefficient (Wildman–Crippen LogP) is 1.43. The molecule has 0 spiro atoms. The summed E-state index contributed by atoms with van der Waals surface area (Å²) in [6, 6.07) is 3.49. The third kappa shape index (κ3) is 2.69. The van der Waals surface area contributed by atoms with Crippen LogP contribution >= 0.6 is 0 Å². The molecule has 1 fully saturated rings. The number of amides is 1. The molecule has 1 aromatic carbocycles. The molecule has 20 heavy (non-hydrogen) atoms. The Labute approximate surface area is 114 Å². The van der Waals surface area contributed by atoms with Gasteiger partial charge in [0, 0.05) is 18.5 Å². The van der Waals surface area contributed by atoms with Crippen molar-refractivity contribution in [3.63, 3.8) is 0 Å². The Kier molecular flexibility index (Phi) is 3.59. The molecule has 5 nitrogen and oxygen atoms in total. The van der Waals surface area contributed by atoms with Gasteiger partial charge in [0.15, 0.2) is 5.78 Å². The smallest absolute Gasteiger partial charge is 0.307 e. The van der Waals surface area contributed by atoms with Crippen molar-refractivity contribution in [2.45, 2.75) is 18.6 Å². The van der Waals surface area contributed by atoms with E-state index in [0.29, 0.717) is 0 Å². The number of hydrogen-bond acceptors (Lipinski definition) is 4. The molecule has 108 valence electrons. The first-order chi connectivity index (χ1) is 9.20. The minimum Gasteiger partial charge on any atom is -0.308 e. The number of halogens is 2. The summed E-state index contributed by atoms with van der Waals surface area (Å²) >= 11 is 0. The molecule has 1 aliphatic heterocycles. The highest BCUT2D eigenvalue weighted by atomic mass is 32.3. The van der Waals surface area contributed by atoms with Crippen molar-refractivity contribution in [1.82, 2.24) is 0 Å². The lowest BCUT2D eigenvalue weighted by Crippen LogP contribution is -2.27. The average molecular weight is 303 g/mol. The standard InChI is InChI=1S/C12H11F2NO4S/c1-7(16)8-2-3-11(10(13)4-8)15-6-9(5-12(15)17)20(14,18)19/h2-4,9H,5-6H2,1H3. The molecule has 8 heteroatoms. The SMILES string of the molecule is CC(=O)c1ccc(N2CC(S(=O)(=O)F)CC2=O)c(F)c1. The Morgan fingerprint density at radius 1 is 1.40 bits per heavy atom. The summed E-state index contributed by atoms with van der Waals surface area (Å²) in [5, 5.41) is -1.48. The van der Waals surface area contributed by atoms with Gasteiger partial charge in [-0.25, -0.2) is 4.39 Å². The van der Waals surface area contributed by atoms with Gasteiger partial charge < -0.3 is 4.90 Å². The molecular formula is C12H11F2NO4S. The molecule has 1 atom stereocenters. The summed E-state index contributed by atoms with van der Waals surface area (Å²) < 4.78 is 48.4. The Morgan fingerprint density at radius 3 is 2.50 bits per heavy atom. The molecule has 0 bridgehead atoms. The van der Waals surface area contributed by atoms with E-state index in [9.17, 15) is 26.3 Å². The van der Waals surface area contributed by atoms with Crippen LogP contribution in [-0.2, 0) is 15.0 Å². The lowest BCUT2D eigenvalue weighted by atomic mass is 10.1. The van der Waals surface area contributed by atoms with Crippen LogP contribution in [0.3, 0.4) is 0 Å². The number of Topliss-reactive ketones (excluding diaryl/α,β-unsaturated/α-hetero) is 1. The highest BCUT2D eigenvalue weighted by molar-refractivity contribution is 7.87. The molecule has 1 unspecified atom stereocenters. The van der Waals surface area contributed by atoms with Crippen molar-refractivity contribution in [2.24, 2.45) is 0 Å². The molecule has 1 aromatic rings. The van der Waals surface area contributed by atoms with E-state index >= 15 is 0 Å². The van der Waals surface area contributed by atoms with Gasteiger partial charge in [-0.1, -0.05) is 0 Å². The van der Waals surface area contributed by atoms with Crippen molar-refractivity contribution in [2.75, 3.05) is 11.4 Å². The second-order valence-electron chi connectivity index (χ2n) is 4.53. The maximum absolute atomic E-state index is 13.9. The first-order valence-electron chi connectivity index (χ1n) is 5.74. The number of benzene rings is 1. The maximum Gasteiger partial charge on any atom is 0.307 e. The fourth-order valence-corrected chi connectivity index (χ4v) is 2.71. The lowest BCUT2D eigenvalue weighted by molar-refractivity contribution is -0.117. The summed E-state index contributed by atoms with van der Waals surface area (Å²) in [6.45, 7) is 0.829. The van der Waals surface area contributed by atoms with Crippen LogP contribution in [0.15, 0.2) is 18.2 Å². The van der Waals surface area contributed by atoms with Crippen LogP contribution in [0.1, 0.15) is 23.7 Å².